The minimum Gasteiger partial charge on any atom is -0.484 e. The standard InChI is InChI=1S/C16H18N2O2/c1-12-4-2-5-13(8-12)10-18-16(19)11-20-15-7-3-6-14(17)9-15/h2-9H,10-11,17H2,1H3,(H,18,19). The van der Waals surface area contributed by atoms with Crippen molar-refractivity contribution in [2.24, 2.45) is 0 Å². The number of amides is 1. The molecule has 0 aliphatic rings. The normalized spacial score (nSPS) is 10.1. The number of aryl methyl sites for hydroxylation is 1. The lowest BCUT2D eigenvalue weighted by atomic mass is 10.1. The van der Waals surface area contributed by atoms with E-state index < -0.39 is 0 Å². The zero-order valence-electron chi connectivity index (χ0n) is 11.4. The SMILES string of the molecule is Cc1cccc(CNC(=O)COc2cccc(N)c2)c1. The van der Waals surface area contributed by atoms with Gasteiger partial charge in [-0.3, -0.25) is 4.79 Å². The zero-order valence-corrected chi connectivity index (χ0v) is 11.4. The van der Waals surface area contributed by atoms with Gasteiger partial charge in [0, 0.05) is 18.3 Å². The van der Waals surface area contributed by atoms with Gasteiger partial charge < -0.3 is 15.8 Å². The molecule has 104 valence electrons. The van der Waals surface area contributed by atoms with E-state index in [0.717, 1.165) is 5.56 Å². The van der Waals surface area contributed by atoms with Crippen molar-refractivity contribution in [1.82, 2.24) is 5.32 Å². The lowest BCUT2D eigenvalue weighted by Crippen LogP contribution is -2.28. The number of nitrogens with two attached hydrogens (primary N) is 1. The van der Waals surface area contributed by atoms with E-state index in [-0.39, 0.29) is 12.5 Å². The van der Waals surface area contributed by atoms with Crippen molar-refractivity contribution in [3.63, 3.8) is 0 Å². The van der Waals surface area contributed by atoms with E-state index in [0.29, 0.717) is 18.0 Å². The van der Waals surface area contributed by atoms with E-state index in [1.54, 1.807) is 24.3 Å². The summed E-state index contributed by atoms with van der Waals surface area (Å²) in [4.78, 5) is 11.7. The summed E-state index contributed by atoms with van der Waals surface area (Å²) >= 11 is 0. The van der Waals surface area contributed by atoms with Crippen LogP contribution in [0.1, 0.15) is 11.1 Å². The smallest absolute Gasteiger partial charge is 0.258 e. The topological polar surface area (TPSA) is 64.3 Å². The second kappa shape index (κ2) is 6.61. The van der Waals surface area contributed by atoms with Crippen LogP contribution < -0.4 is 15.8 Å². The first-order valence-corrected chi connectivity index (χ1v) is 6.44. The monoisotopic (exact) mass is 270 g/mol. The summed E-state index contributed by atoms with van der Waals surface area (Å²) in [6.45, 7) is 2.50. The summed E-state index contributed by atoms with van der Waals surface area (Å²) in [5, 5.41) is 2.82. The van der Waals surface area contributed by atoms with Crippen molar-refractivity contribution < 1.29 is 9.53 Å². The maximum atomic E-state index is 11.7. The highest BCUT2D eigenvalue weighted by Gasteiger charge is 2.03. The third kappa shape index (κ3) is 4.31. The van der Waals surface area contributed by atoms with Crippen molar-refractivity contribution in [2.75, 3.05) is 12.3 Å². The van der Waals surface area contributed by atoms with Crippen LogP contribution in [0.3, 0.4) is 0 Å². The zero-order chi connectivity index (χ0) is 14.4. The van der Waals surface area contributed by atoms with Gasteiger partial charge in [-0.05, 0) is 24.6 Å². The Balaban J connectivity index is 1.78. The summed E-state index contributed by atoms with van der Waals surface area (Å²) < 4.78 is 5.37. The molecule has 0 saturated heterocycles. The first kappa shape index (κ1) is 13.9. The largest absolute Gasteiger partial charge is 0.484 e. The first-order valence-electron chi connectivity index (χ1n) is 6.44. The van der Waals surface area contributed by atoms with Crippen molar-refractivity contribution in [3.8, 4) is 5.75 Å². The van der Waals surface area contributed by atoms with Gasteiger partial charge >= 0.3 is 0 Å². The van der Waals surface area contributed by atoms with Gasteiger partial charge in [-0.25, -0.2) is 0 Å². The Labute approximate surface area is 118 Å². The van der Waals surface area contributed by atoms with Crippen molar-refractivity contribution in [2.45, 2.75) is 13.5 Å². The number of nitrogen functional groups attached to an aromatic ring is 1. The molecule has 0 heterocycles. The fourth-order valence-corrected chi connectivity index (χ4v) is 1.83. The molecule has 4 nitrogen and oxygen atoms in total. The first-order chi connectivity index (χ1) is 9.63. The molecule has 4 heteroatoms. The molecular formula is C16H18N2O2. The van der Waals surface area contributed by atoms with Gasteiger partial charge in [0.25, 0.3) is 5.91 Å². The van der Waals surface area contributed by atoms with E-state index in [2.05, 4.69) is 5.32 Å². The molecule has 1 amide bonds. The van der Waals surface area contributed by atoms with E-state index >= 15 is 0 Å². The van der Waals surface area contributed by atoms with Crippen LogP contribution in [0.4, 0.5) is 5.69 Å². The van der Waals surface area contributed by atoms with Gasteiger partial charge in [0.15, 0.2) is 6.61 Å². The number of anilines is 1. The Kier molecular flexibility index (Phi) is 4.60. The molecule has 0 spiro atoms. The number of carbonyl (C=O) groups is 1. The van der Waals surface area contributed by atoms with Crippen LogP contribution in [-0.2, 0) is 11.3 Å². The molecule has 0 radical (unpaired) electrons. The van der Waals surface area contributed by atoms with Crippen LogP contribution in [0.2, 0.25) is 0 Å². The minimum atomic E-state index is -0.158. The molecule has 2 aromatic rings. The fraction of sp³-hybridized carbons (Fsp3) is 0.188. The summed E-state index contributed by atoms with van der Waals surface area (Å²) in [7, 11) is 0. The molecule has 20 heavy (non-hydrogen) atoms. The second-order valence-electron chi connectivity index (χ2n) is 4.63. The fourth-order valence-electron chi connectivity index (χ4n) is 1.83. The third-order valence-electron chi connectivity index (χ3n) is 2.80. The number of carbonyl (C=O) groups excluding carboxylic acids is 1. The van der Waals surface area contributed by atoms with Crippen molar-refractivity contribution in [1.29, 1.82) is 0 Å². The Morgan fingerprint density at radius 1 is 1.20 bits per heavy atom. The van der Waals surface area contributed by atoms with Gasteiger partial charge in [-0.15, -0.1) is 0 Å². The van der Waals surface area contributed by atoms with Crippen molar-refractivity contribution in [3.05, 3.63) is 59.7 Å². The summed E-state index contributed by atoms with van der Waals surface area (Å²) in [6, 6.07) is 15.0. The molecule has 0 aromatic heterocycles. The van der Waals surface area contributed by atoms with E-state index in [1.165, 1.54) is 5.56 Å². The molecule has 0 saturated carbocycles. The Morgan fingerprint density at radius 2 is 2.00 bits per heavy atom. The van der Waals surface area contributed by atoms with Gasteiger partial charge in [-0.2, -0.15) is 0 Å². The van der Waals surface area contributed by atoms with Gasteiger partial charge in [0.1, 0.15) is 5.75 Å². The van der Waals surface area contributed by atoms with E-state index in [4.69, 9.17) is 10.5 Å². The summed E-state index contributed by atoms with van der Waals surface area (Å²) in [5.74, 6) is 0.435. The van der Waals surface area contributed by atoms with Crippen LogP contribution in [0.25, 0.3) is 0 Å². The molecule has 0 unspecified atom stereocenters. The second-order valence-corrected chi connectivity index (χ2v) is 4.63. The average Bonchev–Trinajstić information content (AvgIpc) is 2.43. The number of benzene rings is 2. The molecular weight excluding hydrogens is 252 g/mol. The Hall–Kier alpha value is -2.49. The third-order valence-corrected chi connectivity index (χ3v) is 2.80. The highest BCUT2D eigenvalue weighted by molar-refractivity contribution is 5.77. The molecule has 0 aliphatic heterocycles. The molecule has 0 fully saturated rings. The number of rotatable bonds is 5. The highest BCUT2D eigenvalue weighted by atomic mass is 16.5. The average molecular weight is 270 g/mol. The van der Waals surface area contributed by atoms with Gasteiger partial charge in [-0.1, -0.05) is 35.9 Å². The summed E-state index contributed by atoms with van der Waals surface area (Å²) in [5.41, 5.74) is 8.49. The molecule has 2 aromatic carbocycles. The van der Waals surface area contributed by atoms with Crippen LogP contribution >= 0.6 is 0 Å². The Morgan fingerprint density at radius 3 is 2.75 bits per heavy atom. The van der Waals surface area contributed by atoms with Crippen molar-refractivity contribution >= 4 is 11.6 Å². The molecule has 3 N–H and O–H groups in total. The lowest BCUT2D eigenvalue weighted by molar-refractivity contribution is -0.123. The van der Waals surface area contributed by atoms with E-state index in [1.807, 2.05) is 31.2 Å². The van der Waals surface area contributed by atoms with Crippen LogP contribution in [0.15, 0.2) is 48.5 Å². The van der Waals surface area contributed by atoms with Gasteiger partial charge in [0.2, 0.25) is 0 Å². The molecule has 0 atom stereocenters. The number of hydrogen-bond donors (Lipinski definition) is 2. The molecule has 0 bridgehead atoms. The maximum Gasteiger partial charge on any atom is 0.258 e. The predicted molar refractivity (Wildman–Crippen MR) is 79.4 cm³/mol. The van der Waals surface area contributed by atoms with Crippen LogP contribution in [0.5, 0.6) is 5.75 Å². The predicted octanol–water partition coefficient (Wildman–Crippen LogP) is 2.27. The number of nitrogens with one attached hydrogen (secondary N) is 1. The minimum absolute atomic E-state index is 0.0186. The van der Waals surface area contributed by atoms with Gasteiger partial charge in [0.05, 0.1) is 0 Å². The molecule has 2 rings (SSSR count). The van der Waals surface area contributed by atoms with Crippen LogP contribution in [-0.4, -0.2) is 12.5 Å². The highest BCUT2D eigenvalue weighted by Crippen LogP contribution is 2.14. The number of ether oxygens (including phenoxy) is 1. The quantitative estimate of drug-likeness (QED) is 0.819. The Bertz CT molecular complexity index is 545. The maximum absolute atomic E-state index is 11.7. The molecule has 0 aliphatic carbocycles. The lowest BCUT2D eigenvalue weighted by Gasteiger charge is -2.08. The summed E-state index contributed by atoms with van der Waals surface area (Å²) in [6.07, 6.45) is 0. The number of hydrogen-bond acceptors (Lipinski definition) is 3. The van der Waals surface area contributed by atoms with E-state index in [9.17, 15) is 4.79 Å². The van der Waals surface area contributed by atoms with Crippen LogP contribution in [0, 0.1) is 6.92 Å².